The number of fused-ring (bicyclic) bond motifs is 1. The van der Waals surface area contributed by atoms with Crippen LogP contribution in [-0.2, 0) is 0 Å². The lowest BCUT2D eigenvalue weighted by molar-refractivity contribution is 0.0148. The largest absolute Gasteiger partial charge is 0.393 e. The third-order valence-corrected chi connectivity index (χ3v) is 4.29. The maximum absolute atomic E-state index is 9.93. The van der Waals surface area contributed by atoms with Crippen molar-refractivity contribution in [1.82, 2.24) is 0 Å². The third-order valence-electron chi connectivity index (χ3n) is 4.29. The van der Waals surface area contributed by atoms with Gasteiger partial charge in [0.25, 0.3) is 0 Å². The maximum atomic E-state index is 9.93. The summed E-state index contributed by atoms with van der Waals surface area (Å²) < 4.78 is 0. The van der Waals surface area contributed by atoms with Crippen molar-refractivity contribution in [3.63, 3.8) is 0 Å². The molecule has 1 heteroatoms. The highest BCUT2D eigenvalue weighted by molar-refractivity contribution is 5.21. The molecule has 0 heterocycles. The molecule has 2 aliphatic carbocycles. The highest BCUT2D eigenvalue weighted by Crippen LogP contribution is 2.54. The fraction of sp³-hybridized carbons (Fsp3) is 0.833. The Bertz CT molecular complexity index is 231. The summed E-state index contributed by atoms with van der Waals surface area (Å²) >= 11 is 0. The molecule has 2 fully saturated rings. The molecule has 0 spiro atoms. The van der Waals surface area contributed by atoms with E-state index in [-0.39, 0.29) is 6.10 Å². The van der Waals surface area contributed by atoms with Crippen molar-refractivity contribution in [2.24, 2.45) is 11.3 Å². The molecule has 2 aliphatic rings. The Kier molecular flexibility index (Phi) is 2.23. The van der Waals surface area contributed by atoms with Crippen LogP contribution in [0.25, 0.3) is 0 Å². The number of aliphatic hydroxyl groups is 1. The molecule has 1 nitrogen and oxygen atoms in total. The quantitative estimate of drug-likeness (QED) is 0.568. The Balaban J connectivity index is 2.28. The van der Waals surface area contributed by atoms with Gasteiger partial charge in [-0.3, -0.25) is 0 Å². The summed E-state index contributed by atoms with van der Waals surface area (Å²) in [6.45, 7) is 4.49. The first kappa shape index (κ1) is 9.26. The number of aliphatic hydroxyl groups excluding tert-OH is 1. The van der Waals surface area contributed by atoms with Crippen molar-refractivity contribution in [2.75, 3.05) is 0 Å². The van der Waals surface area contributed by atoms with Crippen LogP contribution in [0.5, 0.6) is 0 Å². The summed E-state index contributed by atoms with van der Waals surface area (Å²) in [4.78, 5) is 0. The molecule has 0 aliphatic heterocycles. The van der Waals surface area contributed by atoms with Gasteiger partial charge in [-0.15, -0.1) is 0 Å². The molecule has 1 N–H and O–H groups in total. The molecule has 13 heavy (non-hydrogen) atoms. The lowest BCUT2D eigenvalue weighted by Crippen LogP contribution is -2.37. The SMILES string of the molecule is C/C=C1\CCC2[C@@H](O)CCC[C@]12C. The Morgan fingerprint density at radius 3 is 2.92 bits per heavy atom. The van der Waals surface area contributed by atoms with E-state index in [2.05, 4.69) is 19.9 Å². The fourth-order valence-electron chi connectivity index (χ4n) is 3.47. The molecule has 1 unspecified atom stereocenters. The van der Waals surface area contributed by atoms with Gasteiger partial charge in [0.15, 0.2) is 0 Å². The summed E-state index contributed by atoms with van der Waals surface area (Å²) in [6.07, 6.45) is 8.18. The smallest absolute Gasteiger partial charge is 0.0576 e. The standard InChI is InChI=1S/C12H20O/c1-3-9-6-7-10-11(13)5-4-8-12(9,10)2/h3,10-11,13H,4-8H2,1-2H3/b9-3+/t10?,11-,12+/m0/s1. The van der Waals surface area contributed by atoms with Gasteiger partial charge in [-0.25, -0.2) is 0 Å². The predicted octanol–water partition coefficient (Wildman–Crippen LogP) is 2.89. The van der Waals surface area contributed by atoms with Crippen molar-refractivity contribution < 1.29 is 5.11 Å². The molecule has 0 bridgehead atoms. The lowest BCUT2D eigenvalue weighted by Gasteiger charge is -2.40. The van der Waals surface area contributed by atoms with E-state index >= 15 is 0 Å². The van der Waals surface area contributed by atoms with Crippen LogP contribution >= 0.6 is 0 Å². The molecule has 0 amide bonds. The molecule has 74 valence electrons. The van der Waals surface area contributed by atoms with Crippen LogP contribution in [-0.4, -0.2) is 11.2 Å². The van der Waals surface area contributed by atoms with E-state index < -0.39 is 0 Å². The number of rotatable bonds is 0. The van der Waals surface area contributed by atoms with Crippen LogP contribution < -0.4 is 0 Å². The molecular formula is C12H20O. The third kappa shape index (κ3) is 1.25. The Labute approximate surface area is 80.8 Å². The van der Waals surface area contributed by atoms with Crippen LogP contribution in [0.1, 0.15) is 46.0 Å². The summed E-state index contributed by atoms with van der Waals surface area (Å²) in [5.41, 5.74) is 1.93. The molecule has 0 aromatic carbocycles. The van der Waals surface area contributed by atoms with Gasteiger partial charge in [0, 0.05) is 0 Å². The minimum atomic E-state index is -0.0313. The van der Waals surface area contributed by atoms with Gasteiger partial charge in [-0.1, -0.05) is 18.6 Å². The summed E-state index contributed by atoms with van der Waals surface area (Å²) in [6, 6.07) is 0. The zero-order valence-electron chi connectivity index (χ0n) is 8.71. The molecule has 0 saturated heterocycles. The summed E-state index contributed by atoms with van der Waals surface area (Å²) in [7, 11) is 0. The minimum absolute atomic E-state index is 0.0313. The van der Waals surface area contributed by atoms with Gasteiger partial charge >= 0.3 is 0 Å². The number of hydrogen-bond donors (Lipinski definition) is 1. The molecule has 2 rings (SSSR count). The Morgan fingerprint density at radius 1 is 1.46 bits per heavy atom. The van der Waals surface area contributed by atoms with Crippen molar-refractivity contribution in [3.8, 4) is 0 Å². The first-order chi connectivity index (χ1) is 6.18. The first-order valence-corrected chi connectivity index (χ1v) is 5.52. The molecular weight excluding hydrogens is 160 g/mol. The van der Waals surface area contributed by atoms with Gasteiger partial charge < -0.3 is 5.11 Å². The van der Waals surface area contributed by atoms with E-state index in [9.17, 15) is 5.11 Å². The zero-order chi connectivity index (χ0) is 9.47. The van der Waals surface area contributed by atoms with E-state index in [1.807, 2.05) is 0 Å². The maximum Gasteiger partial charge on any atom is 0.0576 e. The van der Waals surface area contributed by atoms with Gasteiger partial charge in [-0.2, -0.15) is 0 Å². The number of hydrogen-bond acceptors (Lipinski definition) is 1. The molecule has 2 saturated carbocycles. The van der Waals surface area contributed by atoms with Gasteiger partial charge in [-0.05, 0) is 50.4 Å². The fourth-order valence-corrected chi connectivity index (χ4v) is 3.47. The van der Waals surface area contributed by atoms with Crippen LogP contribution in [0, 0.1) is 11.3 Å². The minimum Gasteiger partial charge on any atom is -0.393 e. The van der Waals surface area contributed by atoms with Gasteiger partial charge in [0.05, 0.1) is 6.10 Å². The second-order valence-corrected chi connectivity index (χ2v) is 4.84. The van der Waals surface area contributed by atoms with Gasteiger partial charge in [0.1, 0.15) is 0 Å². The zero-order valence-corrected chi connectivity index (χ0v) is 8.71. The Morgan fingerprint density at radius 2 is 2.23 bits per heavy atom. The highest BCUT2D eigenvalue weighted by Gasteiger charge is 2.47. The normalized spacial score (nSPS) is 48.1. The first-order valence-electron chi connectivity index (χ1n) is 5.52. The van der Waals surface area contributed by atoms with Crippen LogP contribution in [0.15, 0.2) is 11.6 Å². The highest BCUT2D eigenvalue weighted by atomic mass is 16.3. The van der Waals surface area contributed by atoms with E-state index in [1.165, 1.54) is 25.7 Å². The Hall–Kier alpha value is -0.300. The summed E-state index contributed by atoms with van der Waals surface area (Å²) in [5.74, 6) is 0.549. The topological polar surface area (TPSA) is 20.2 Å². The van der Waals surface area contributed by atoms with Crippen molar-refractivity contribution in [3.05, 3.63) is 11.6 Å². The molecule has 3 atom stereocenters. The van der Waals surface area contributed by atoms with Crippen molar-refractivity contribution >= 4 is 0 Å². The second kappa shape index (κ2) is 3.13. The average molecular weight is 180 g/mol. The van der Waals surface area contributed by atoms with Crippen molar-refractivity contribution in [1.29, 1.82) is 0 Å². The van der Waals surface area contributed by atoms with E-state index in [1.54, 1.807) is 5.57 Å². The summed E-state index contributed by atoms with van der Waals surface area (Å²) in [5, 5.41) is 9.93. The lowest BCUT2D eigenvalue weighted by atomic mass is 9.66. The molecule has 0 aromatic rings. The molecule has 0 aromatic heterocycles. The van der Waals surface area contributed by atoms with E-state index in [4.69, 9.17) is 0 Å². The molecule has 0 radical (unpaired) electrons. The van der Waals surface area contributed by atoms with Crippen LogP contribution in [0.3, 0.4) is 0 Å². The van der Waals surface area contributed by atoms with E-state index in [0.717, 1.165) is 6.42 Å². The predicted molar refractivity (Wildman–Crippen MR) is 54.4 cm³/mol. The number of allylic oxidation sites excluding steroid dienone is 2. The average Bonchev–Trinajstić information content (AvgIpc) is 2.43. The monoisotopic (exact) mass is 180 g/mol. The van der Waals surface area contributed by atoms with E-state index in [0.29, 0.717) is 11.3 Å². The van der Waals surface area contributed by atoms with Crippen molar-refractivity contribution in [2.45, 2.75) is 52.1 Å². The van der Waals surface area contributed by atoms with Crippen LogP contribution in [0.2, 0.25) is 0 Å². The second-order valence-electron chi connectivity index (χ2n) is 4.84. The van der Waals surface area contributed by atoms with Crippen LogP contribution in [0.4, 0.5) is 0 Å². The van der Waals surface area contributed by atoms with Gasteiger partial charge in [0.2, 0.25) is 0 Å².